The van der Waals surface area contributed by atoms with Gasteiger partial charge in [-0.3, -0.25) is 4.90 Å². The third kappa shape index (κ3) is 1.38. The van der Waals surface area contributed by atoms with Crippen LogP contribution >= 0.6 is 0 Å². The third-order valence-corrected chi connectivity index (χ3v) is 3.55. The van der Waals surface area contributed by atoms with E-state index in [0.717, 1.165) is 18.0 Å². The van der Waals surface area contributed by atoms with Gasteiger partial charge in [-0.1, -0.05) is 6.92 Å². The summed E-state index contributed by atoms with van der Waals surface area (Å²) in [6.45, 7) is 8.37. The molecule has 3 atom stereocenters. The van der Waals surface area contributed by atoms with Gasteiger partial charge in [0.25, 0.3) is 0 Å². The molecule has 0 bridgehead atoms. The van der Waals surface area contributed by atoms with Gasteiger partial charge in [0.05, 0.1) is 0 Å². The largest absolute Gasteiger partial charge is 0.314 e. The fourth-order valence-electron chi connectivity index (χ4n) is 2.49. The zero-order chi connectivity index (χ0) is 8.55. The van der Waals surface area contributed by atoms with E-state index in [-0.39, 0.29) is 0 Å². The molecule has 0 amide bonds. The molecule has 0 aromatic rings. The van der Waals surface area contributed by atoms with Crippen molar-refractivity contribution in [2.45, 2.75) is 38.8 Å². The van der Waals surface area contributed by atoms with Crippen LogP contribution in [0.25, 0.3) is 0 Å². The van der Waals surface area contributed by atoms with Crippen LogP contribution in [0, 0.1) is 5.92 Å². The van der Waals surface area contributed by atoms with Gasteiger partial charge in [0.15, 0.2) is 0 Å². The number of nitrogens with zero attached hydrogens (tertiary/aromatic N) is 1. The van der Waals surface area contributed by atoms with E-state index in [0.29, 0.717) is 0 Å². The molecule has 1 saturated carbocycles. The Morgan fingerprint density at radius 3 is 2.58 bits per heavy atom. The fourth-order valence-corrected chi connectivity index (χ4v) is 2.49. The molecular formula is C10H20N2. The SMILES string of the molecule is CC1CCC1N1CCNCC1C. The molecule has 70 valence electrons. The molecule has 0 aromatic carbocycles. The number of rotatable bonds is 1. The molecule has 3 unspecified atom stereocenters. The second-order valence-electron chi connectivity index (χ2n) is 4.41. The van der Waals surface area contributed by atoms with Gasteiger partial charge < -0.3 is 5.32 Å². The van der Waals surface area contributed by atoms with Crippen molar-refractivity contribution in [2.24, 2.45) is 5.92 Å². The standard InChI is InChI=1S/C10H20N2/c1-8-3-4-10(8)12-6-5-11-7-9(12)2/h8-11H,3-7H2,1-2H3. The highest BCUT2D eigenvalue weighted by atomic mass is 15.2. The predicted molar refractivity (Wildman–Crippen MR) is 51.2 cm³/mol. The van der Waals surface area contributed by atoms with Crippen LogP contribution in [0.3, 0.4) is 0 Å². The monoisotopic (exact) mass is 168 g/mol. The first-order valence-electron chi connectivity index (χ1n) is 5.25. The summed E-state index contributed by atoms with van der Waals surface area (Å²) in [6.07, 6.45) is 2.88. The zero-order valence-electron chi connectivity index (χ0n) is 8.21. The van der Waals surface area contributed by atoms with Crippen LogP contribution < -0.4 is 5.32 Å². The lowest BCUT2D eigenvalue weighted by Crippen LogP contribution is -2.58. The summed E-state index contributed by atoms with van der Waals surface area (Å²) in [5.41, 5.74) is 0. The highest BCUT2D eigenvalue weighted by molar-refractivity contribution is 4.91. The van der Waals surface area contributed by atoms with Crippen LogP contribution in [0.1, 0.15) is 26.7 Å². The van der Waals surface area contributed by atoms with Crippen molar-refractivity contribution < 1.29 is 0 Å². The Morgan fingerprint density at radius 1 is 1.25 bits per heavy atom. The molecule has 1 aliphatic heterocycles. The molecule has 0 aromatic heterocycles. The third-order valence-electron chi connectivity index (χ3n) is 3.55. The van der Waals surface area contributed by atoms with Crippen molar-refractivity contribution in [1.82, 2.24) is 10.2 Å². The highest BCUT2D eigenvalue weighted by Gasteiger charge is 2.35. The van der Waals surface area contributed by atoms with Gasteiger partial charge in [0, 0.05) is 31.7 Å². The van der Waals surface area contributed by atoms with Gasteiger partial charge in [-0.2, -0.15) is 0 Å². The normalized spacial score (nSPS) is 44.0. The second kappa shape index (κ2) is 3.35. The molecule has 0 spiro atoms. The van der Waals surface area contributed by atoms with Gasteiger partial charge in [0.1, 0.15) is 0 Å². The summed E-state index contributed by atoms with van der Waals surface area (Å²) in [5, 5.41) is 3.44. The van der Waals surface area contributed by atoms with Gasteiger partial charge in [-0.15, -0.1) is 0 Å². The quantitative estimate of drug-likeness (QED) is 0.630. The lowest BCUT2D eigenvalue weighted by Gasteiger charge is -2.47. The van der Waals surface area contributed by atoms with Crippen molar-refractivity contribution >= 4 is 0 Å². The van der Waals surface area contributed by atoms with Gasteiger partial charge in [-0.05, 0) is 25.7 Å². The first kappa shape index (κ1) is 8.52. The molecule has 2 nitrogen and oxygen atoms in total. The van der Waals surface area contributed by atoms with Crippen molar-refractivity contribution in [3.05, 3.63) is 0 Å². The lowest BCUT2D eigenvalue weighted by atomic mass is 9.79. The smallest absolute Gasteiger partial charge is 0.0195 e. The molecule has 2 rings (SSSR count). The minimum atomic E-state index is 0.756. The Bertz CT molecular complexity index is 158. The summed E-state index contributed by atoms with van der Waals surface area (Å²) in [6, 6.07) is 1.66. The van der Waals surface area contributed by atoms with Crippen LogP contribution in [0.2, 0.25) is 0 Å². The first-order valence-corrected chi connectivity index (χ1v) is 5.25. The maximum Gasteiger partial charge on any atom is 0.0195 e. The van der Waals surface area contributed by atoms with Crippen LogP contribution in [-0.2, 0) is 0 Å². The molecule has 1 saturated heterocycles. The van der Waals surface area contributed by atoms with Crippen LogP contribution in [0.4, 0.5) is 0 Å². The molecule has 2 heteroatoms. The van der Waals surface area contributed by atoms with Gasteiger partial charge >= 0.3 is 0 Å². The molecule has 2 fully saturated rings. The van der Waals surface area contributed by atoms with E-state index in [1.807, 2.05) is 0 Å². The summed E-state index contributed by atoms with van der Waals surface area (Å²) < 4.78 is 0. The summed E-state index contributed by atoms with van der Waals surface area (Å²) in [5.74, 6) is 0.950. The van der Waals surface area contributed by atoms with Crippen LogP contribution in [0.15, 0.2) is 0 Å². The van der Waals surface area contributed by atoms with Gasteiger partial charge in [-0.25, -0.2) is 0 Å². The Labute approximate surface area is 75.3 Å². The van der Waals surface area contributed by atoms with E-state index >= 15 is 0 Å². The van der Waals surface area contributed by atoms with E-state index in [4.69, 9.17) is 0 Å². The Balaban J connectivity index is 1.92. The van der Waals surface area contributed by atoms with Crippen molar-refractivity contribution in [3.8, 4) is 0 Å². The summed E-state index contributed by atoms with van der Waals surface area (Å²) >= 11 is 0. The van der Waals surface area contributed by atoms with Crippen molar-refractivity contribution in [3.63, 3.8) is 0 Å². The zero-order valence-corrected chi connectivity index (χ0v) is 8.21. The van der Waals surface area contributed by atoms with E-state index in [1.54, 1.807) is 0 Å². The molecule has 12 heavy (non-hydrogen) atoms. The fraction of sp³-hybridized carbons (Fsp3) is 1.00. The van der Waals surface area contributed by atoms with Crippen LogP contribution in [0.5, 0.6) is 0 Å². The van der Waals surface area contributed by atoms with Crippen molar-refractivity contribution in [1.29, 1.82) is 0 Å². The molecule has 1 heterocycles. The molecule has 1 aliphatic carbocycles. The Morgan fingerprint density at radius 2 is 2.08 bits per heavy atom. The number of hydrogen-bond donors (Lipinski definition) is 1. The van der Waals surface area contributed by atoms with Crippen molar-refractivity contribution in [2.75, 3.05) is 19.6 Å². The minimum Gasteiger partial charge on any atom is -0.314 e. The van der Waals surface area contributed by atoms with E-state index in [1.165, 1.54) is 32.5 Å². The molecule has 2 aliphatic rings. The van der Waals surface area contributed by atoms with Crippen LogP contribution in [-0.4, -0.2) is 36.6 Å². The maximum atomic E-state index is 3.44. The minimum absolute atomic E-state index is 0.756. The lowest BCUT2D eigenvalue weighted by molar-refractivity contribution is 0.0278. The number of piperazine rings is 1. The second-order valence-corrected chi connectivity index (χ2v) is 4.41. The predicted octanol–water partition coefficient (Wildman–Crippen LogP) is 1.08. The van der Waals surface area contributed by atoms with E-state index in [9.17, 15) is 0 Å². The van der Waals surface area contributed by atoms with Gasteiger partial charge in [0.2, 0.25) is 0 Å². The molecule has 1 N–H and O–H groups in total. The Kier molecular flexibility index (Phi) is 2.37. The molecule has 0 radical (unpaired) electrons. The average molecular weight is 168 g/mol. The Hall–Kier alpha value is -0.0800. The van der Waals surface area contributed by atoms with E-state index in [2.05, 4.69) is 24.1 Å². The number of nitrogens with one attached hydrogen (secondary N) is 1. The average Bonchev–Trinajstić information content (AvgIpc) is 2.06. The van der Waals surface area contributed by atoms with E-state index < -0.39 is 0 Å². The maximum absolute atomic E-state index is 3.44. The highest BCUT2D eigenvalue weighted by Crippen LogP contribution is 2.32. The topological polar surface area (TPSA) is 15.3 Å². The summed E-state index contributed by atoms with van der Waals surface area (Å²) in [7, 11) is 0. The molecular weight excluding hydrogens is 148 g/mol. The number of hydrogen-bond acceptors (Lipinski definition) is 2. The first-order chi connectivity index (χ1) is 5.79. The summed E-state index contributed by atoms with van der Waals surface area (Å²) in [4.78, 5) is 2.70.